The molecular weight excluding hydrogens is 384 g/mol. The van der Waals surface area contributed by atoms with Gasteiger partial charge in [-0.2, -0.15) is 0 Å². The van der Waals surface area contributed by atoms with Crippen molar-refractivity contribution in [2.75, 3.05) is 26.2 Å². The van der Waals surface area contributed by atoms with Crippen LogP contribution in [0, 0.1) is 6.92 Å². The number of halogens is 1. The Morgan fingerprint density at radius 1 is 1.10 bits per heavy atom. The van der Waals surface area contributed by atoms with Crippen molar-refractivity contribution in [1.29, 1.82) is 0 Å². The summed E-state index contributed by atoms with van der Waals surface area (Å²) in [6, 6.07) is 13.0. The zero-order valence-electron chi connectivity index (χ0n) is 17.8. The highest BCUT2D eigenvalue weighted by Crippen LogP contribution is 2.37. The van der Waals surface area contributed by atoms with E-state index in [9.17, 15) is 0 Å². The standard InChI is InChI=1S/C24H33ClN2O2/c1-4-27-12-6-7-21(27)16-26-15-20-13-22(25)24(23(14-20)28-5-2)29-17-19-10-8-18(3)9-11-19/h8-11,13-14,21,26H,4-7,12,15-17H2,1-3H3/t21-/m1/s1. The third kappa shape index (κ3) is 6.11. The van der Waals surface area contributed by atoms with Crippen LogP contribution in [0.5, 0.6) is 11.5 Å². The van der Waals surface area contributed by atoms with Crippen molar-refractivity contribution in [3.63, 3.8) is 0 Å². The number of benzene rings is 2. The molecule has 2 aromatic rings. The van der Waals surface area contributed by atoms with Crippen LogP contribution in [-0.2, 0) is 13.2 Å². The first-order valence-electron chi connectivity index (χ1n) is 10.7. The maximum atomic E-state index is 6.57. The molecule has 0 unspecified atom stereocenters. The van der Waals surface area contributed by atoms with Gasteiger partial charge in [0, 0.05) is 19.1 Å². The molecule has 0 amide bonds. The smallest absolute Gasteiger partial charge is 0.180 e. The molecule has 1 fully saturated rings. The van der Waals surface area contributed by atoms with E-state index in [0.29, 0.717) is 35.8 Å². The van der Waals surface area contributed by atoms with Crippen LogP contribution in [0.15, 0.2) is 36.4 Å². The van der Waals surface area contributed by atoms with E-state index >= 15 is 0 Å². The molecule has 1 atom stereocenters. The third-order valence-corrected chi connectivity index (χ3v) is 5.77. The van der Waals surface area contributed by atoms with Gasteiger partial charge in [-0.05, 0) is 63.0 Å². The predicted molar refractivity (Wildman–Crippen MR) is 120 cm³/mol. The molecular formula is C24H33ClN2O2. The van der Waals surface area contributed by atoms with Gasteiger partial charge in [-0.3, -0.25) is 4.90 Å². The Kier molecular flexibility index (Phi) is 8.22. The first kappa shape index (κ1) is 21.9. The summed E-state index contributed by atoms with van der Waals surface area (Å²) < 4.78 is 11.9. The molecule has 0 spiro atoms. The Morgan fingerprint density at radius 3 is 2.62 bits per heavy atom. The Hall–Kier alpha value is -1.75. The molecule has 1 aliphatic heterocycles. The van der Waals surface area contributed by atoms with Crippen LogP contribution in [0.25, 0.3) is 0 Å². The van der Waals surface area contributed by atoms with Crippen LogP contribution in [0.1, 0.15) is 43.4 Å². The Bertz CT molecular complexity index is 779. The van der Waals surface area contributed by atoms with Crippen LogP contribution in [0.4, 0.5) is 0 Å². The topological polar surface area (TPSA) is 33.7 Å². The minimum atomic E-state index is 0.464. The van der Waals surface area contributed by atoms with E-state index in [1.165, 1.54) is 24.9 Å². The summed E-state index contributed by atoms with van der Waals surface area (Å²) in [4.78, 5) is 2.55. The lowest BCUT2D eigenvalue weighted by molar-refractivity contribution is 0.259. The second-order valence-electron chi connectivity index (χ2n) is 7.67. The van der Waals surface area contributed by atoms with Crippen molar-refractivity contribution >= 4 is 11.6 Å². The van der Waals surface area contributed by atoms with E-state index in [4.69, 9.17) is 21.1 Å². The summed E-state index contributed by atoms with van der Waals surface area (Å²) in [6.45, 7) is 11.4. The summed E-state index contributed by atoms with van der Waals surface area (Å²) in [6.07, 6.45) is 2.57. The number of hydrogen-bond acceptors (Lipinski definition) is 4. The molecule has 0 bridgehead atoms. The molecule has 158 valence electrons. The first-order chi connectivity index (χ1) is 14.1. The zero-order valence-corrected chi connectivity index (χ0v) is 18.6. The van der Waals surface area contributed by atoms with Gasteiger partial charge in [-0.25, -0.2) is 0 Å². The van der Waals surface area contributed by atoms with E-state index < -0.39 is 0 Å². The van der Waals surface area contributed by atoms with Gasteiger partial charge in [0.25, 0.3) is 0 Å². The molecule has 0 aromatic heterocycles. The van der Waals surface area contributed by atoms with Crippen molar-refractivity contribution in [1.82, 2.24) is 10.2 Å². The minimum absolute atomic E-state index is 0.464. The van der Waals surface area contributed by atoms with Gasteiger partial charge in [-0.1, -0.05) is 48.4 Å². The fraction of sp³-hybridized carbons (Fsp3) is 0.500. The number of nitrogens with zero attached hydrogens (tertiary/aromatic N) is 1. The zero-order chi connectivity index (χ0) is 20.6. The van der Waals surface area contributed by atoms with Crippen molar-refractivity contribution in [3.05, 3.63) is 58.1 Å². The van der Waals surface area contributed by atoms with E-state index in [2.05, 4.69) is 48.3 Å². The van der Waals surface area contributed by atoms with Crippen molar-refractivity contribution in [3.8, 4) is 11.5 Å². The van der Waals surface area contributed by atoms with E-state index in [0.717, 1.165) is 30.8 Å². The van der Waals surface area contributed by atoms with Gasteiger partial charge >= 0.3 is 0 Å². The van der Waals surface area contributed by atoms with Gasteiger partial charge in [-0.15, -0.1) is 0 Å². The average Bonchev–Trinajstić information content (AvgIpc) is 3.16. The molecule has 1 saturated heterocycles. The average molecular weight is 417 g/mol. The summed E-state index contributed by atoms with van der Waals surface area (Å²) >= 11 is 6.57. The van der Waals surface area contributed by atoms with Crippen LogP contribution in [0.2, 0.25) is 5.02 Å². The van der Waals surface area contributed by atoms with E-state index in [1.807, 2.05) is 19.1 Å². The van der Waals surface area contributed by atoms with Crippen LogP contribution < -0.4 is 14.8 Å². The lowest BCUT2D eigenvalue weighted by Gasteiger charge is -2.23. The highest BCUT2D eigenvalue weighted by atomic mass is 35.5. The van der Waals surface area contributed by atoms with Gasteiger partial charge in [0.1, 0.15) is 6.61 Å². The third-order valence-electron chi connectivity index (χ3n) is 5.49. The molecule has 1 heterocycles. The molecule has 0 aliphatic carbocycles. The highest BCUT2D eigenvalue weighted by molar-refractivity contribution is 6.32. The second kappa shape index (κ2) is 10.9. The molecule has 5 heteroatoms. The van der Waals surface area contributed by atoms with Gasteiger partial charge < -0.3 is 14.8 Å². The number of nitrogens with one attached hydrogen (secondary N) is 1. The van der Waals surface area contributed by atoms with Crippen LogP contribution in [-0.4, -0.2) is 37.2 Å². The number of rotatable bonds is 10. The lowest BCUT2D eigenvalue weighted by Crippen LogP contribution is -2.37. The van der Waals surface area contributed by atoms with Crippen molar-refractivity contribution in [2.24, 2.45) is 0 Å². The van der Waals surface area contributed by atoms with Crippen LogP contribution in [0.3, 0.4) is 0 Å². The van der Waals surface area contributed by atoms with E-state index in [1.54, 1.807) is 0 Å². The summed E-state index contributed by atoms with van der Waals surface area (Å²) in [5.41, 5.74) is 3.46. The number of aryl methyl sites for hydroxylation is 1. The Morgan fingerprint density at radius 2 is 1.90 bits per heavy atom. The number of likely N-dealkylation sites (N-methyl/N-ethyl adjacent to an activating group) is 1. The number of likely N-dealkylation sites (tertiary alicyclic amines) is 1. The lowest BCUT2D eigenvalue weighted by atomic mass is 10.1. The molecule has 2 aromatic carbocycles. The molecule has 1 aliphatic rings. The summed E-state index contributed by atoms with van der Waals surface area (Å²) in [5.74, 6) is 1.32. The van der Waals surface area contributed by atoms with Crippen molar-refractivity contribution < 1.29 is 9.47 Å². The molecule has 0 radical (unpaired) electrons. The Labute approximate surface area is 180 Å². The summed E-state index contributed by atoms with van der Waals surface area (Å²) in [5, 5.41) is 4.18. The van der Waals surface area contributed by atoms with E-state index in [-0.39, 0.29) is 0 Å². The Balaban J connectivity index is 1.63. The van der Waals surface area contributed by atoms with Crippen LogP contribution >= 0.6 is 11.6 Å². The van der Waals surface area contributed by atoms with Crippen molar-refractivity contribution in [2.45, 2.75) is 52.8 Å². The monoisotopic (exact) mass is 416 g/mol. The minimum Gasteiger partial charge on any atom is -0.490 e. The molecule has 0 saturated carbocycles. The number of hydrogen-bond donors (Lipinski definition) is 1. The molecule has 29 heavy (non-hydrogen) atoms. The normalized spacial score (nSPS) is 16.9. The maximum absolute atomic E-state index is 6.57. The largest absolute Gasteiger partial charge is 0.490 e. The molecule has 1 N–H and O–H groups in total. The van der Waals surface area contributed by atoms with Gasteiger partial charge in [0.05, 0.1) is 11.6 Å². The van der Waals surface area contributed by atoms with Gasteiger partial charge in [0.15, 0.2) is 11.5 Å². The molecule has 4 nitrogen and oxygen atoms in total. The van der Waals surface area contributed by atoms with Gasteiger partial charge in [0.2, 0.25) is 0 Å². The number of ether oxygens (including phenoxy) is 2. The molecule has 3 rings (SSSR count). The highest BCUT2D eigenvalue weighted by Gasteiger charge is 2.22. The quantitative estimate of drug-likeness (QED) is 0.577. The fourth-order valence-electron chi connectivity index (χ4n) is 3.89. The fourth-order valence-corrected chi connectivity index (χ4v) is 4.18. The predicted octanol–water partition coefficient (Wildman–Crippen LogP) is 5.20. The maximum Gasteiger partial charge on any atom is 0.180 e. The second-order valence-corrected chi connectivity index (χ2v) is 8.07. The SMILES string of the molecule is CCOc1cc(CNC[C@H]2CCCN2CC)cc(Cl)c1OCc1ccc(C)cc1. The summed E-state index contributed by atoms with van der Waals surface area (Å²) in [7, 11) is 0. The first-order valence-corrected chi connectivity index (χ1v) is 11.1.